The number of aromatic amines is 1. The van der Waals surface area contributed by atoms with Crippen LogP contribution in [0.1, 0.15) is 36.3 Å². The maximum atomic E-state index is 12.6. The minimum absolute atomic E-state index is 0.233. The average Bonchev–Trinajstić information content (AvgIpc) is 3.18. The van der Waals surface area contributed by atoms with Crippen molar-refractivity contribution in [2.24, 2.45) is 0 Å². The Labute approximate surface area is 182 Å². The second-order valence-corrected chi connectivity index (χ2v) is 7.84. The van der Waals surface area contributed by atoms with Crippen molar-refractivity contribution < 1.29 is 14.3 Å². The van der Waals surface area contributed by atoms with Gasteiger partial charge in [-0.25, -0.2) is 9.78 Å². The number of amides is 2. The van der Waals surface area contributed by atoms with Crippen LogP contribution in [0.3, 0.4) is 0 Å². The Morgan fingerprint density at radius 1 is 1.13 bits per heavy atom. The number of aryl methyl sites for hydroxylation is 1. The molecule has 0 bridgehead atoms. The number of ether oxygens (including phenoxy) is 2. The third-order valence-electron chi connectivity index (χ3n) is 5.41. The number of nitrogens with one attached hydrogen (secondary N) is 3. The Balaban J connectivity index is 1.25. The molecule has 0 spiro atoms. The van der Waals surface area contributed by atoms with Gasteiger partial charge in [0, 0.05) is 17.6 Å². The van der Waals surface area contributed by atoms with Crippen LogP contribution in [0.5, 0.6) is 5.75 Å². The van der Waals surface area contributed by atoms with E-state index in [9.17, 15) is 4.79 Å². The Hall–Kier alpha value is -3.32. The molecule has 3 aromatic rings. The predicted molar refractivity (Wildman–Crippen MR) is 119 cm³/mol. The van der Waals surface area contributed by atoms with E-state index in [1.807, 2.05) is 61.5 Å². The minimum atomic E-state index is -0.405. The molecule has 1 fully saturated rings. The van der Waals surface area contributed by atoms with Crippen LogP contribution in [-0.2, 0) is 16.9 Å². The van der Waals surface area contributed by atoms with Gasteiger partial charge in [0.25, 0.3) is 0 Å². The molecule has 1 aliphatic carbocycles. The highest BCUT2D eigenvalue weighted by Gasteiger charge is 2.42. The van der Waals surface area contributed by atoms with E-state index in [1.165, 1.54) is 0 Å². The first-order valence-corrected chi connectivity index (χ1v) is 10.6. The molecule has 1 heterocycles. The number of carbonyl (C=O) groups is 1. The third-order valence-corrected chi connectivity index (χ3v) is 5.41. The number of carbonyl (C=O) groups excluding carboxylic acids is 1. The lowest BCUT2D eigenvalue weighted by atomic mass is 9.76. The van der Waals surface area contributed by atoms with Crippen LogP contribution in [0, 0.1) is 6.92 Å². The first-order valence-electron chi connectivity index (χ1n) is 10.6. The van der Waals surface area contributed by atoms with Gasteiger partial charge in [-0.15, -0.1) is 0 Å². The number of imidazole rings is 1. The van der Waals surface area contributed by atoms with Crippen molar-refractivity contribution in [1.29, 1.82) is 0 Å². The molecular weight excluding hydrogens is 392 g/mol. The number of nitrogens with zero attached hydrogens (tertiary/aromatic N) is 1. The van der Waals surface area contributed by atoms with Crippen LogP contribution < -0.4 is 15.4 Å². The molecule has 7 heteroatoms. The number of hydrogen-bond donors (Lipinski definition) is 3. The molecule has 162 valence electrons. The number of urea groups is 1. The lowest BCUT2D eigenvalue weighted by Gasteiger charge is -2.40. The van der Waals surface area contributed by atoms with Gasteiger partial charge in [0.2, 0.25) is 0 Å². The highest BCUT2D eigenvalue weighted by Crippen LogP contribution is 2.39. The first-order chi connectivity index (χ1) is 15.1. The fourth-order valence-electron chi connectivity index (χ4n) is 3.65. The molecule has 31 heavy (non-hydrogen) atoms. The van der Waals surface area contributed by atoms with Crippen molar-refractivity contribution in [3.63, 3.8) is 0 Å². The van der Waals surface area contributed by atoms with Gasteiger partial charge in [-0.3, -0.25) is 0 Å². The van der Waals surface area contributed by atoms with Crippen molar-refractivity contribution >= 4 is 11.7 Å². The van der Waals surface area contributed by atoms with Gasteiger partial charge in [-0.1, -0.05) is 30.3 Å². The van der Waals surface area contributed by atoms with Crippen molar-refractivity contribution in [2.45, 2.75) is 38.3 Å². The van der Waals surface area contributed by atoms with Crippen LogP contribution in [-0.4, -0.2) is 29.2 Å². The molecule has 7 nitrogen and oxygen atoms in total. The summed E-state index contributed by atoms with van der Waals surface area (Å²) < 4.78 is 11.3. The summed E-state index contributed by atoms with van der Waals surface area (Å²) in [4.78, 5) is 20.3. The van der Waals surface area contributed by atoms with Crippen LogP contribution in [0.2, 0.25) is 0 Å². The standard InChI is InChI=1S/C24H28N4O3/c1-18-16-25-22(26-18)24(11-6-12-24)28-23(29)27-20-8-5-7-19(15-20)17-30-13-14-31-21-9-3-2-4-10-21/h2-5,7-10,15-16H,6,11-14,17H2,1H3,(H,25,26)(H2,27,28,29). The zero-order chi connectivity index (χ0) is 21.5. The molecule has 3 N–H and O–H groups in total. The summed E-state index contributed by atoms with van der Waals surface area (Å²) in [5.41, 5.74) is 2.30. The van der Waals surface area contributed by atoms with Gasteiger partial charge in [0.1, 0.15) is 18.2 Å². The van der Waals surface area contributed by atoms with Crippen molar-refractivity contribution in [2.75, 3.05) is 18.5 Å². The smallest absolute Gasteiger partial charge is 0.320 e. The maximum absolute atomic E-state index is 12.6. The predicted octanol–water partition coefficient (Wildman–Crippen LogP) is 4.51. The van der Waals surface area contributed by atoms with Gasteiger partial charge in [0.05, 0.1) is 18.8 Å². The lowest BCUT2D eigenvalue weighted by molar-refractivity contribution is 0.0889. The Kier molecular flexibility index (Phi) is 6.52. The van der Waals surface area contributed by atoms with Gasteiger partial charge >= 0.3 is 6.03 Å². The Morgan fingerprint density at radius 2 is 1.97 bits per heavy atom. The molecule has 2 aromatic carbocycles. The van der Waals surface area contributed by atoms with Crippen LogP contribution >= 0.6 is 0 Å². The van der Waals surface area contributed by atoms with Gasteiger partial charge in [-0.05, 0) is 56.0 Å². The largest absolute Gasteiger partial charge is 0.491 e. The molecule has 1 aromatic heterocycles. The lowest BCUT2D eigenvalue weighted by Crippen LogP contribution is -2.52. The van der Waals surface area contributed by atoms with Crippen molar-refractivity contribution in [3.05, 3.63) is 77.9 Å². The number of benzene rings is 2. The number of hydrogen-bond acceptors (Lipinski definition) is 4. The van der Waals surface area contributed by atoms with Crippen LogP contribution in [0.25, 0.3) is 0 Å². The molecule has 1 saturated carbocycles. The fraction of sp³-hybridized carbons (Fsp3) is 0.333. The van der Waals surface area contributed by atoms with E-state index in [2.05, 4.69) is 20.6 Å². The molecular formula is C24H28N4O3. The summed E-state index contributed by atoms with van der Waals surface area (Å²) in [6.07, 6.45) is 4.63. The second kappa shape index (κ2) is 9.66. The summed E-state index contributed by atoms with van der Waals surface area (Å²) in [6.45, 7) is 3.38. The third kappa shape index (κ3) is 5.44. The van der Waals surface area contributed by atoms with E-state index >= 15 is 0 Å². The second-order valence-electron chi connectivity index (χ2n) is 7.84. The molecule has 0 aliphatic heterocycles. The summed E-state index contributed by atoms with van der Waals surface area (Å²) in [7, 11) is 0. The van der Waals surface area contributed by atoms with Crippen molar-refractivity contribution in [1.82, 2.24) is 15.3 Å². The number of anilines is 1. The van der Waals surface area contributed by atoms with Crippen LogP contribution in [0.15, 0.2) is 60.8 Å². The van der Waals surface area contributed by atoms with Crippen molar-refractivity contribution in [3.8, 4) is 5.75 Å². The average molecular weight is 421 g/mol. The zero-order valence-corrected chi connectivity index (χ0v) is 17.7. The summed E-state index contributed by atoms with van der Waals surface area (Å²) in [6, 6.07) is 17.1. The summed E-state index contributed by atoms with van der Waals surface area (Å²) in [5, 5.41) is 6.05. The van der Waals surface area contributed by atoms with Gasteiger partial charge in [0.15, 0.2) is 0 Å². The topological polar surface area (TPSA) is 88.3 Å². The number of para-hydroxylation sites is 1. The fourth-order valence-corrected chi connectivity index (χ4v) is 3.65. The van der Waals surface area contributed by atoms with E-state index in [1.54, 1.807) is 6.20 Å². The molecule has 4 rings (SSSR count). The Morgan fingerprint density at radius 3 is 2.68 bits per heavy atom. The maximum Gasteiger partial charge on any atom is 0.320 e. The molecule has 0 radical (unpaired) electrons. The van der Waals surface area contributed by atoms with E-state index in [4.69, 9.17) is 9.47 Å². The van der Waals surface area contributed by atoms with E-state index in [-0.39, 0.29) is 6.03 Å². The van der Waals surface area contributed by atoms with Gasteiger partial charge in [-0.2, -0.15) is 0 Å². The SMILES string of the molecule is Cc1cnc(C2(NC(=O)Nc3cccc(COCCOc4ccccc4)c3)CCC2)[nH]1. The number of aromatic nitrogens is 2. The van der Waals surface area contributed by atoms with Gasteiger partial charge < -0.3 is 25.1 Å². The Bertz CT molecular complexity index is 999. The number of rotatable bonds is 9. The van der Waals surface area contributed by atoms with E-state index < -0.39 is 5.54 Å². The van der Waals surface area contributed by atoms with E-state index in [0.717, 1.165) is 47.8 Å². The minimum Gasteiger partial charge on any atom is -0.491 e. The molecule has 2 amide bonds. The first kappa shape index (κ1) is 20.9. The normalized spacial score (nSPS) is 14.5. The number of H-pyrrole nitrogens is 1. The zero-order valence-electron chi connectivity index (χ0n) is 17.7. The molecule has 1 aliphatic rings. The highest BCUT2D eigenvalue weighted by atomic mass is 16.5. The molecule has 0 saturated heterocycles. The van der Waals surface area contributed by atoms with Crippen LogP contribution in [0.4, 0.5) is 10.5 Å². The van der Waals surface area contributed by atoms with E-state index in [0.29, 0.717) is 19.8 Å². The molecule has 0 unspecified atom stereocenters. The summed E-state index contributed by atoms with van der Waals surface area (Å²) in [5.74, 6) is 1.66. The quantitative estimate of drug-likeness (QED) is 0.444. The molecule has 0 atom stereocenters. The monoisotopic (exact) mass is 420 g/mol. The summed E-state index contributed by atoms with van der Waals surface area (Å²) >= 11 is 0. The highest BCUT2D eigenvalue weighted by molar-refractivity contribution is 5.90.